The van der Waals surface area contributed by atoms with E-state index in [2.05, 4.69) is 23.4 Å². The van der Waals surface area contributed by atoms with Crippen LogP contribution in [0.25, 0.3) is 0 Å². The summed E-state index contributed by atoms with van der Waals surface area (Å²) in [6, 6.07) is 7.72. The van der Waals surface area contributed by atoms with Crippen LogP contribution in [-0.2, 0) is 17.8 Å². The van der Waals surface area contributed by atoms with Crippen molar-refractivity contribution < 1.29 is 14.3 Å². The molecule has 0 saturated carbocycles. The zero-order valence-electron chi connectivity index (χ0n) is 15.0. The molecule has 1 N–H and O–H groups in total. The average molecular weight is 343 g/mol. The number of carbonyl (C=O) groups is 1. The highest BCUT2D eigenvalue weighted by Gasteiger charge is 2.14. The lowest BCUT2D eigenvalue weighted by Gasteiger charge is -2.19. The van der Waals surface area contributed by atoms with Gasteiger partial charge in [0, 0.05) is 18.8 Å². The fraction of sp³-hybridized carbons (Fsp3) is 0.474. The summed E-state index contributed by atoms with van der Waals surface area (Å²) >= 11 is 0. The molecule has 0 radical (unpaired) electrons. The molecule has 0 fully saturated rings. The molecule has 0 unspecified atom stereocenters. The summed E-state index contributed by atoms with van der Waals surface area (Å²) < 4.78 is 13.0. The number of ether oxygens (including phenoxy) is 2. The highest BCUT2D eigenvalue weighted by molar-refractivity contribution is 5.78. The number of aromatic nitrogens is 2. The second-order valence-electron chi connectivity index (χ2n) is 6.67. The molecule has 1 atom stereocenters. The van der Waals surface area contributed by atoms with Crippen molar-refractivity contribution in [1.82, 2.24) is 15.1 Å². The van der Waals surface area contributed by atoms with Gasteiger partial charge in [-0.2, -0.15) is 5.10 Å². The number of benzene rings is 1. The Morgan fingerprint density at radius 1 is 1.24 bits per heavy atom. The third-order valence-corrected chi connectivity index (χ3v) is 4.21. The van der Waals surface area contributed by atoms with Gasteiger partial charge in [-0.15, -0.1) is 0 Å². The number of carbonyl (C=O) groups excluding carboxylic acids is 1. The lowest BCUT2D eigenvalue weighted by atomic mass is 10.1. The minimum atomic E-state index is 0.0110. The number of nitrogens with one attached hydrogen (secondary N) is 1. The molecule has 0 saturated heterocycles. The maximum atomic E-state index is 12.2. The molecule has 1 aliphatic rings. The fourth-order valence-corrected chi connectivity index (χ4v) is 2.95. The number of aryl methyl sites for hydroxylation is 2. The van der Waals surface area contributed by atoms with Gasteiger partial charge in [0.25, 0.3) is 0 Å². The van der Waals surface area contributed by atoms with Crippen LogP contribution in [0.4, 0.5) is 0 Å². The van der Waals surface area contributed by atoms with E-state index in [1.165, 1.54) is 0 Å². The second-order valence-corrected chi connectivity index (χ2v) is 6.67. The van der Waals surface area contributed by atoms with Crippen LogP contribution in [0, 0.1) is 19.8 Å². The van der Waals surface area contributed by atoms with E-state index in [9.17, 15) is 4.79 Å². The van der Waals surface area contributed by atoms with Crippen LogP contribution in [-0.4, -0.2) is 35.4 Å². The summed E-state index contributed by atoms with van der Waals surface area (Å²) in [5.74, 6) is 1.78. The largest absolute Gasteiger partial charge is 0.486 e. The third kappa shape index (κ3) is 4.53. The van der Waals surface area contributed by atoms with E-state index in [-0.39, 0.29) is 5.91 Å². The molecule has 1 aromatic carbocycles. The standard InChI is InChI=1S/C19H25N3O3/c1-13(12-22-15(3)8-14(2)21-22)11-20-19(23)10-16-4-5-17-18(9-16)25-7-6-24-17/h4-5,8-9,13H,6-7,10-12H2,1-3H3,(H,20,23)/t13-/m1/s1. The quantitative estimate of drug-likeness (QED) is 0.874. The first-order valence-corrected chi connectivity index (χ1v) is 8.67. The van der Waals surface area contributed by atoms with Crippen LogP contribution in [0.1, 0.15) is 23.9 Å². The van der Waals surface area contributed by atoms with E-state index in [0.717, 1.165) is 35.0 Å². The lowest BCUT2D eigenvalue weighted by molar-refractivity contribution is -0.120. The highest BCUT2D eigenvalue weighted by Crippen LogP contribution is 2.30. The van der Waals surface area contributed by atoms with E-state index < -0.39 is 0 Å². The summed E-state index contributed by atoms with van der Waals surface area (Å²) in [5, 5.41) is 7.47. The summed E-state index contributed by atoms with van der Waals surface area (Å²) in [7, 11) is 0. The Morgan fingerprint density at radius 3 is 2.72 bits per heavy atom. The van der Waals surface area contributed by atoms with Gasteiger partial charge in [-0.25, -0.2) is 0 Å². The van der Waals surface area contributed by atoms with Gasteiger partial charge in [-0.05, 0) is 43.5 Å². The summed E-state index contributed by atoms with van der Waals surface area (Å²) in [6.45, 7) is 8.69. The Balaban J connectivity index is 1.48. The molecule has 134 valence electrons. The normalized spacial score (nSPS) is 14.2. The third-order valence-electron chi connectivity index (χ3n) is 4.21. The predicted molar refractivity (Wildman–Crippen MR) is 95.0 cm³/mol. The molecule has 0 aliphatic carbocycles. The van der Waals surface area contributed by atoms with E-state index in [1.807, 2.05) is 36.7 Å². The zero-order valence-corrected chi connectivity index (χ0v) is 15.0. The lowest BCUT2D eigenvalue weighted by Crippen LogP contribution is -2.31. The molecule has 0 bridgehead atoms. The van der Waals surface area contributed by atoms with E-state index in [1.54, 1.807) is 0 Å². The van der Waals surface area contributed by atoms with Crippen LogP contribution >= 0.6 is 0 Å². The van der Waals surface area contributed by atoms with E-state index >= 15 is 0 Å². The summed E-state index contributed by atoms with van der Waals surface area (Å²) in [4.78, 5) is 12.2. The van der Waals surface area contributed by atoms with Gasteiger partial charge in [-0.3, -0.25) is 9.48 Å². The van der Waals surface area contributed by atoms with Crippen molar-refractivity contribution >= 4 is 5.91 Å². The Hall–Kier alpha value is -2.50. The summed E-state index contributed by atoms with van der Waals surface area (Å²) in [5.41, 5.74) is 3.09. The molecule has 1 aromatic heterocycles. The van der Waals surface area contributed by atoms with E-state index in [4.69, 9.17) is 9.47 Å². The molecular formula is C19H25N3O3. The molecule has 1 aliphatic heterocycles. The molecule has 2 aromatic rings. The molecule has 0 spiro atoms. The van der Waals surface area contributed by atoms with Crippen LogP contribution in [0.5, 0.6) is 11.5 Å². The molecular weight excluding hydrogens is 318 g/mol. The average Bonchev–Trinajstić information content (AvgIpc) is 2.90. The minimum Gasteiger partial charge on any atom is -0.486 e. The van der Waals surface area contributed by atoms with Gasteiger partial charge in [-0.1, -0.05) is 13.0 Å². The Labute approximate surface area is 148 Å². The number of hydrogen-bond acceptors (Lipinski definition) is 4. The van der Waals surface area contributed by atoms with Crippen molar-refractivity contribution in [1.29, 1.82) is 0 Å². The Kier molecular flexibility index (Phi) is 5.26. The van der Waals surface area contributed by atoms with Gasteiger partial charge in [0.05, 0.1) is 12.1 Å². The van der Waals surface area contributed by atoms with Crippen LogP contribution in [0.3, 0.4) is 0 Å². The molecule has 1 amide bonds. The monoisotopic (exact) mass is 343 g/mol. The van der Waals surface area contributed by atoms with E-state index in [0.29, 0.717) is 32.1 Å². The van der Waals surface area contributed by atoms with Crippen molar-refractivity contribution in [3.05, 3.63) is 41.2 Å². The maximum absolute atomic E-state index is 12.2. The molecule has 25 heavy (non-hydrogen) atoms. The molecule has 6 nitrogen and oxygen atoms in total. The van der Waals surface area contributed by atoms with Crippen molar-refractivity contribution in [2.45, 2.75) is 33.7 Å². The summed E-state index contributed by atoms with van der Waals surface area (Å²) in [6.07, 6.45) is 0.337. The van der Waals surface area contributed by atoms with Crippen molar-refractivity contribution in [2.75, 3.05) is 19.8 Å². The first-order chi connectivity index (χ1) is 12.0. The smallest absolute Gasteiger partial charge is 0.224 e. The number of amides is 1. The number of hydrogen-bond donors (Lipinski definition) is 1. The maximum Gasteiger partial charge on any atom is 0.224 e. The molecule has 6 heteroatoms. The first kappa shape index (κ1) is 17.3. The topological polar surface area (TPSA) is 65.4 Å². The van der Waals surface area contributed by atoms with Gasteiger partial charge in [0.1, 0.15) is 13.2 Å². The van der Waals surface area contributed by atoms with Gasteiger partial charge < -0.3 is 14.8 Å². The number of rotatable bonds is 6. The van der Waals surface area contributed by atoms with Crippen LogP contribution in [0.15, 0.2) is 24.3 Å². The SMILES string of the molecule is Cc1cc(C)n(C[C@H](C)CNC(=O)Cc2ccc3c(c2)OCCO3)n1. The molecule has 2 heterocycles. The minimum absolute atomic E-state index is 0.0110. The van der Waals surface area contributed by atoms with Crippen molar-refractivity contribution in [2.24, 2.45) is 5.92 Å². The first-order valence-electron chi connectivity index (χ1n) is 8.67. The van der Waals surface area contributed by atoms with Crippen LogP contribution < -0.4 is 14.8 Å². The second kappa shape index (κ2) is 7.59. The number of nitrogens with zero attached hydrogens (tertiary/aromatic N) is 2. The number of fused-ring (bicyclic) bond motifs is 1. The van der Waals surface area contributed by atoms with Crippen molar-refractivity contribution in [3.8, 4) is 11.5 Å². The Bertz CT molecular complexity index is 754. The Morgan fingerprint density at radius 2 is 2.00 bits per heavy atom. The van der Waals surface area contributed by atoms with Crippen LogP contribution in [0.2, 0.25) is 0 Å². The van der Waals surface area contributed by atoms with Gasteiger partial charge in [0.2, 0.25) is 5.91 Å². The fourth-order valence-electron chi connectivity index (χ4n) is 2.95. The zero-order chi connectivity index (χ0) is 17.8. The van der Waals surface area contributed by atoms with Crippen molar-refractivity contribution in [3.63, 3.8) is 0 Å². The van der Waals surface area contributed by atoms with Gasteiger partial charge >= 0.3 is 0 Å². The molecule has 3 rings (SSSR count). The highest BCUT2D eigenvalue weighted by atomic mass is 16.6. The predicted octanol–water partition coefficient (Wildman–Crippen LogP) is 2.27. The van der Waals surface area contributed by atoms with Gasteiger partial charge in [0.15, 0.2) is 11.5 Å².